The number of aromatic nitrogens is 1. The Morgan fingerprint density at radius 1 is 1.03 bits per heavy atom. The van der Waals surface area contributed by atoms with Crippen molar-refractivity contribution >= 4 is 28.8 Å². The maximum atomic E-state index is 12.5. The molecule has 2 aromatic carbocycles. The van der Waals surface area contributed by atoms with Crippen LogP contribution in [0.2, 0.25) is 0 Å². The molecule has 0 unspecified atom stereocenters. The van der Waals surface area contributed by atoms with Gasteiger partial charge in [0.05, 0.1) is 7.11 Å². The SMILES string of the molecule is CCC(C)(C)NC(=O)c1ccc(NC(=O)c2csc(-c3ccc(OC)cc3)n2)cc1. The van der Waals surface area contributed by atoms with Gasteiger partial charge in [-0.2, -0.15) is 0 Å². The second-order valence-corrected chi connectivity index (χ2v) is 8.35. The third-order valence-corrected chi connectivity index (χ3v) is 5.71. The highest BCUT2D eigenvalue weighted by Crippen LogP contribution is 2.26. The van der Waals surface area contributed by atoms with Gasteiger partial charge < -0.3 is 15.4 Å². The number of benzene rings is 2. The van der Waals surface area contributed by atoms with Crippen molar-refractivity contribution in [3.05, 3.63) is 65.2 Å². The van der Waals surface area contributed by atoms with Crippen molar-refractivity contribution in [2.45, 2.75) is 32.7 Å². The number of hydrogen-bond acceptors (Lipinski definition) is 5. The van der Waals surface area contributed by atoms with Gasteiger partial charge in [0.1, 0.15) is 16.5 Å². The molecule has 156 valence electrons. The van der Waals surface area contributed by atoms with Crippen LogP contribution < -0.4 is 15.4 Å². The Balaban J connectivity index is 1.65. The number of carbonyl (C=O) groups excluding carboxylic acids is 2. The van der Waals surface area contributed by atoms with E-state index in [2.05, 4.69) is 15.6 Å². The maximum Gasteiger partial charge on any atom is 0.275 e. The van der Waals surface area contributed by atoms with Crippen LogP contribution in [-0.4, -0.2) is 29.4 Å². The smallest absolute Gasteiger partial charge is 0.275 e. The quantitative estimate of drug-likeness (QED) is 0.561. The van der Waals surface area contributed by atoms with Crippen LogP contribution in [-0.2, 0) is 0 Å². The van der Waals surface area contributed by atoms with Crippen molar-refractivity contribution in [2.75, 3.05) is 12.4 Å². The molecule has 0 saturated heterocycles. The van der Waals surface area contributed by atoms with E-state index in [1.165, 1.54) is 11.3 Å². The summed E-state index contributed by atoms with van der Waals surface area (Å²) in [5.41, 5.74) is 2.15. The molecule has 0 aliphatic rings. The Kier molecular flexibility index (Phi) is 6.52. The lowest BCUT2D eigenvalue weighted by Gasteiger charge is -2.24. The first-order valence-corrected chi connectivity index (χ1v) is 10.5. The van der Waals surface area contributed by atoms with Crippen molar-refractivity contribution in [2.24, 2.45) is 0 Å². The summed E-state index contributed by atoms with van der Waals surface area (Å²) < 4.78 is 5.16. The number of methoxy groups -OCH3 is 1. The lowest BCUT2D eigenvalue weighted by Crippen LogP contribution is -2.42. The molecule has 2 amide bonds. The minimum absolute atomic E-state index is 0.136. The van der Waals surface area contributed by atoms with Gasteiger partial charge in [-0.3, -0.25) is 9.59 Å². The number of rotatable bonds is 7. The van der Waals surface area contributed by atoms with Crippen LogP contribution in [0.4, 0.5) is 5.69 Å². The van der Waals surface area contributed by atoms with E-state index >= 15 is 0 Å². The number of thiazole rings is 1. The van der Waals surface area contributed by atoms with E-state index in [1.807, 2.05) is 45.0 Å². The molecule has 0 spiro atoms. The molecule has 1 heterocycles. The van der Waals surface area contributed by atoms with Gasteiger partial charge in [-0.15, -0.1) is 11.3 Å². The zero-order valence-electron chi connectivity index (χ0n) is 17.5. The summed E-state index contributed by atoms with van der Waals surface area (Å²) in [5, 5.41) is 8.29. The Labute approximate surface area is 180 Å². The number of carbonyl (C=O) groups is 2. The van der Waals surface area contributed by atoms with Gasteiger partial charge in [-0.25, -0.2) is 4.98 Å². The van der Waals surface area contributed by atoms with Gasteiger partial charge in [-0.1, -0.05) is 6.92 Å². The summed E-state index contributed by atoms with van der Waals surface area (Å²) in [4.78, 5) is 29.3. The second kappa shape index (κ2) is 9.09. The first-order chi connectivity index (χ1) is 14.3. The molecule has 3 rings (SSSR count). The van der Waals surface area contributed by atoms with E-state index in [0.29, 0.717) is 16.9 Å². The molecule has 3 aromatic rings. The molecular formula is C23H25N3O3S. The van der Waals surface area contributed by atoms with Crippen molar-refractivity contribution in [3.8, 4) is 16.3 Å². The van der Waals surface area contributed by atoms with Crippen LogP contribution in [0.15, 0.2) is 53.9 Å². The van der Waals surface area contributed by atoms with Crippen LogP contribution in [0.3, 0.4) is 0 Å². The maximum absolute atomic E-state index is 12.5. The fourth-order valence-electron chi connectivity index (χ4n) is 2.61. The summed E-state index contributed by atoms with van der Waals surface area (Å²) in [6.07, 6.45) is 0.832. The minimum atomic E-state index is -0.296. The van der Waals surface area contributed by atoms with Crippen LogP contribution in [0.5, 0.6) is 5.75 Å². The summed E-state index contributed by atoms with van der Waals surface area (Å²) in [7, 11) is 1.62. The van der Waals surface area contributed by atoms with Crippen molar-refractivity contribution in [1.29, 1.82) is 0 Å². The van der Waals surface area contributed by atoms with Gasteiger partial charge in [0, 0.05) is 27.7 Å². The minimum Gasteiger partial charge on any atom is -0.497 e. The van der Waals surface area contributed by atoms with Crippen LogP contribution >= 0.6 is 11.3 Å². The summed E-state index contributed by atoms with van der Waals surface area (Å²) >= 11 is 1.40. The highest BCUT2D eigenvalue weighted by molar-refractivity contribution is 7.13. The molecule has 30 heavy (non-hydrogen) atoms. The Morgan fingerprint density at radius 2 is 1.70 bits per heavy atom. The van der Waals surface area contributed by atoms with Crippen LogP contribution in [0.25, 0.3) is 10.6 Å². The summed E-state index contributed by atoms with van der Waals surface area (Å²) in [6, 6.07) is 14.3. The van der Waals surface area contributed by atoms with E-state index in [1.54, 1.807) is 36.8 Å². The summed E-state index contributed by atoms with van der Waals surface area (Å²) in [6.45, 7) is 5.98. The van der Waals surface area contributed by atoms with E-state index in [-0.39, 0.29) is 17.4 Å². The van der Waals surface area contributed by atoms with Crippen LogP contribution in [0, 0.1) is 0 Å². The molecule has 1 aromatic heterocycles. The fraction of sp³-hybridized carbons (Fsp3) is 0.261. The van der Waals surface area contributed by atoms with E-state index in [4.69, 9.17) is 4.74 Å². The average molecular weight is 424 g/mol. The van der Waals surface area contributed by atoms with E-state index in [0.717, 1.165) is 22.7 Å². The Hall–Kier alpha value is -3.19. The monoisotopic (exact) mass is 423 g/mol. The number of amides is 2. The molecule has 2 N–H and O–H groups in total. The van der Waals surface area contributed by atoms with Gasteiger partial charge in [-0.05, 0) is 68.8 Å². The largest absolute Gasteiger partial charge is 0.497 e. The molecule has 0 saturated carbocycles. The fourth-order valence-corrected chi connectivity index (χ4v) is 3.42. The molecule has 0 aliphatic carbocycles. The standard InChI is InChI=1S/C23H25N3O3S/c1-5-23(2,3)26-20(27)15-6-10-17(11-7-15)24-21(28)19-14-30-22(25-19)16-8-12-18(29-4)13-9-16/h6-14H,5H2,1-4H3,(H,24,28)(H,26,27). The molecule has 6 nitrogen and oxygen atoms in total. The zero-order chi connectivity index (χ0) is 21.7. The van der Waals surface area contributed by atoms with Crippen molar-refractivity contribution < 1.29 is 14.3 Å². The normalized spacial score (nSPS) is 11.1. The Morgan fingerprint density at radius 3 is 2.30 bits per heavy atom. The Bertz CT molecular complexity index is 1020. The number of nitrogens with one attached hydrogen (secondary N) is 2. The van der Waals surface area contributed by atoms with Gasteiger partial charge >= 0.3 is 0 Å². The predicted molar refractivity (Wildman–Crippen MR) is 120 cm³/mol. The third kappa shape index (κ3) is 5.24. The lowest BCUT2D eigenvalue weighted by molar-refractivity contribution is 0.0911. The molecule has 0 fully saturated rings. The van der Waals surface area contributed by atoms with Gasteiger partial charge in [0.25, 0.3) is 11.8 Å². The first-order valence-electron chi connectivity index (χ1n) is 9.65. The number of nitrogens with zero attached hydrogens (tertiary/aromatic N) is 1. The first kappa shape index (κ1) is 21.5. The third-order valence-electron chi connectivity index (χ3n) is 4.81. The lowest BCUT2D eigenvalue weighted by atomic mass is 10.0. The number of anilines is 1. The van der Waals surface area contributed by atoms with Crippen molar-refractivity contribution in [3.63, 3.8) is 0 Å². The predicted octanol–water partition coefficient (Wildman–Crippen LogP) is 4.99. The zero-order valence-corrected chi connectivity index (χ0v) is 18.3. The van der Waals surface area contributed by atoms with E-state index in [9.17, 15) is 9.59 Å². The molecular weight excluding hydrogens is 398 g/mol. The van der Waals surface area contributed by atoms with Crippen molar-refractivity contribution in [1.82, 2.24) is 10.3 Å². The molecule has 0 aliphatic heterocycles. The molecule has 0 atom stereocenters. The van der Waals surface area contributed by atoms with Gasteiger partial charge in [0.15, 0.2) is 0 Å². The van der Waals surface area contributed by atoms with E-state index < -0.39 is 0 Å². The summed E-state index contributed by atoms with van der Waals surface area (Å²) in [5.74, 6) is 0.336. The van der Waals surface area contributed by atoms with Crippen LogP contribution in [0.1, 0.15) is 48.0 Å². The molecule has 7 heteroatoms. The average Bonchev–Trinajstić information content (AvgIpc) is 3.24. The second-order valence-electron chi connectivity index (χ2n) is 7.49. The van der Waals surface area contributed by atoms with Gasteiger partial charge in [0.2, 0.25) is 0 Å². The number of hydrogen-bond donors (Lipinski definition) is 2. The topological polar surface area (TPSA) is 80.3 Å². The molecule has 0 radical (unpaired) electrons. The highest BCUT2D eigenvalue weighted by atomic mass is 32.1. The highest BCUT2D eigenvalue weighted by Gasteiger charge is 2.19. The molecule has 0 bridgehead atoms. The number of ether oxygens (including phenoxy) is 1.